The van der Waals surface area contributed by atoms with Crippen LogP contribution in [0.5, 0.6) is 5.75 Å². The summed E-state index contributed by atoms with van der Waals surface area (Å²) in [6.07, 6.45) is 0.507. The molecule has 0 aromatic heterocycles. The largest absolute Gasteiger partial charge is 0.493 e. The summed E-state index contributed by atoms with van der Waals surface area (Å²) in [5.74, 6) is 0.881. The van der Waals surface area contributed by atoms with Gasteiger partial charge in [0.1, 0.15) is 12.4 Å². The molecule has 0 unspecified atom stereocenters. The molecule has 0 heterocycles. The Kier molecular flexibility index (Phi) is 5.44. The van der Waals surface area contributed by atoms with Gasteiger partial charge in [0.05, 0.1) is 11.5 Å². The maximum absolute atomic E-state index is 11.5. The van der Waals surface area contributed by atoms with Gasteiger partial charge in [-0.1, -0.05) is 17.7 Å². The van der Waals surface area contributed by atoms with Crippen LogP contribution in [-0.4, -0.2) is 33.1 Å². The van der Waals surface area contributed by atoms with E-state index in [-0.39, 0.29) is 18.1 Å². The summed E-state index contributed by atoms with van der Waals surface area (Å²) >= 11 is 0. The first-order chi connectivity index (χ1) is 8.03. The van der Waals surface area contributed by atoms with E-state index in [0.717, 1.165) is 5.56 Å². The molecule has 0 aliphatic heterocycles. The van der Waals surface area contributed by atoms with Gasteiger partial charge in [0.15, 0.2) is 9.84 Å². The minimum Gasteiger partial charge on any atom is -0.493 e. The molecule has 1 aromatic carbocycles. The maximum Gasteiger partial charge on any atom is 0.153 e. The second-order valence-electron chi connectivity index (χ2n) is 3.96. The fourth-order valence-corrected chi connectivity index (χ4v) is 2.47. The molecule has 5 heteroatoms. The minimum absolute atomic E-state index is 0.0425. The molecule has 96 valence electrons. The highest BCUT2D eigenvalue weighted by Crippen LogP contribution is 2.11. The summed E-state index contributed by atoms with van der Waals surface area (Å²) in [4.78, 5) is 0. The minimum atomic E-state index is -3.03. The van der Waals surface area contributed by atoms with Crippen LogP contribution in [0.4, 0.5) is 0 Å². The number of hydrogen-bond donors (Lipinski definition) is 1. The highest BCUT2D eigenvalue weighted by Gasteiger charge is 2.09. The van der Waals surface area contributed by atoms with Gasteiger partial charge in [-0.3, -0.25) is 0 Å². The van der Waals surface area contributed by atoms with Gasteiger partial charge in [-0.05, 0) is 32.0 Å². The lowest BCUT2D eigenvalue weighted by atomic mass is 10.2. The van der Waals surface area contributed by atoms with Crippen LogP contribution >= 0.6 is 0 Å². The van der Waals surface area contributed by atoms with Crippen LogP contribution in [0.25, 0.3) is 0 Å². The molecule has 0 saturated carbocycles. The van der Waals surface area contributed by atoms with Crippen molar-refractivity contribution in [3.63, 3.8) is 0 Å². The van der Waals surface area contributed by atoms with E-state index >= 15 is 0 Å². The lowest BCUT2D eigenvalue weighted by Gasteiger charge is -2.07. The summed E-state index contributed by atoms with van der Waals surface area (Å²) in [5, 5.41) is 0. The van der Waals surface area contributed by atoms with E-state index in [9.17, 15) is 8.42 Å². The molecule has 0 saturated heterocycles. The van der Waals surface area contributed by atoms with Crippen molar-refractivity contribution in [3.8, 4) is 5.75 Å². The van der Waals surface area contributed by atoms with Crippen LogP contribution in [0.3, 0.4) is 0 Å². The lowest BCUT2D eigenvalue weighted by Crippen LogP contribution is -2.19. The molecular weight excluding hydrogens is 238 g/mol. The summed E-state index contributed by atoms with van der Waals surface area (Å²) in [6, 6.07) is 7.53. The van der Waals surface area contributed by atoms with Gasteiger partial charge in [0.25, 0.3) is 0 Å². The number of rotatable bonds is 7. The fraction of sp³-hybridized carbons (Fsp3) is 0.500. The van der Waals surface area contributed by atoms with Gasteiger partial charge in [-0.25, -0.2) is 8.42 Å². The molecule has 0 aliphatic carbocycles. The van der Waals surface area contributed by atoms with E-state index in [2.05, 4.69) is 0 Å². The second-order valence-corrected chi connectivity index (χ2v) is 6.26. The first-order valence-electron chi connectivity index (χ1n) is 5.63. The topological polar surface area (TPSA) is 69.4 Å². The number of sulfone groups is 1. The molecular formula is C12H19NO3S. The zero-order valence-electron chi connectivity index (χ0n) is 10.1. The average molecular weight is 257 g/mol. The van der Waals surface area contributed by atoms with Crippen molar-refractivity contribution in [2.75, 3.05) is 24.7 Å². The van der Waals surface area contributed by atoms with E-state index in [1.165, 1.54) is 0 Å². The second kappa shape index (κ2) is 6.61. The summed E-state index contributed by atoms with van der Waals surface area (Å²) < 4.78 is 28.4. The van der Waals surface area contributed by atoms with E-state index in [0.29, 0.717) is 18.7 Å². The number of benzene rings is 1. The zero-order valence-corrected chi connectivity index (χ0v) is 10.9. The third-order valence-corrected chi connectivity index (χ3v) is 4.04. The molecule has 1 aromatic rings. The summed E-state index contributed by atoms with van der Waals surface area (Å²) in [7, 11) is -3.03. The monoisotopic (exact) mass is 257 g/mol. The number of hydrogen-bond acceptors (Lipinski definition) is 4. The molecule has 1 rings (SSSR count). The quantitative estimate of drug-likeness (QED) is 0.795. The van der Waals surface area contributed by atoms with Gasteiger partial charge in [0.2, 0.25) is 0 Å². The van der Waals surface area contributed by atoms with Crippen molar-refractivity contribution in [3.05, 3.63) is 29.8 Å². The third-order valence-electron chi connectivity index (χ3n) is 2.34. The van der Waals surface area contributed by atoms with E-state index < -0.39 is 9.84 Å². The summed E-state index contributed by atoms with van der Waals surface area (Å²) in [5.41, 5.74) is 6.42. The van der Waals surface area contributed by atoms with Crippen molar-refractivity contribution < 1.29 is 13.2 Å². The Morgan fingerprint density at radius 2 is 1.82 bits per heavy atom. The Bertz CT molecular complexity index is 426. The van der Waals surface area contributed by atoms with Gasteiger partial charge in [0, 0.05) is 0 Å². The van der Waals surface area contributed by atoms with Crippen LogP contribution in [0, 0.1) is 6.92 Å². The van der Waals surface area contributed by atoms with Crippen LogP contribution in [0.2, 0.25) is 0 Å². The first kappa shape index (κ1) is 14.0. The average Bonchev–Trinajstić information content (AvgIpc) is 2.29. The van der Waals surface area contributed by atoms with Crippen molar-refractivity contribution >= 4 is 9.84 Å². The van der Waals surface area contributed by atoms with E-state index in [1.807, 2.05) is 31.2 Å². The molecule has 0 bridgehead atoms. The fourth-order valence-electron chi connectivity index (χ4n) is 1.33. The van der Waals surface area contributed by atoms with Gasteiger partial charge < -0.3 is 10.5 Å². The van der Waals surface area contributed by atoms with Crippen molar-refractivity contribution in [2.24, 2.45) is 5.73 Å². The highest BCUT2D eigenvalue weighted by molar-refractivity contribution is 7.91. The molecule has 4 nitrogen and oxygen atoms in total. The van der Waals surface area contributed by atoms with Crippen LogP contribution in [0.15, 0.2) is 24.3 Å². The molecule has 0 radical (unpaired) electrons. The molecule has 0 atom stereocenters. The Morgan fingerprint density at radius 3 is 2.41 bits per heavy atom. The molecule has 0 amide bonds. The molecule has 0 aliphatic rings. The molecule has 0 spiro atoms. The van der Waals surface area contributed by atoms with Crippen molar-refractivity contribution in [1.82, 2.24) is 0 Å². The first-order valence-corrected chi connectivity index (χ1v) is 7.45. The van der Waals surface area contributed by atoms with E-state index in [1.54, 1.807) is 0 Å². The predicted molar refractivity (Wildman–Crippen MR) is 69.0 cm³/mol. The Balaban J connectivity index is 2.34. The number of aryl methyl sites for hydroxylation is 1. The Labute approximate surface area is 103 Å². The predicted octanol–water partition coefficient (Wildman–Crippen LogP) is 1.14. The Morgan fingerprint density at radius 1 is 1.18 bits per heavy atom. The van der Waals surface area contributed by atoms with Crippen LogP contribution < -0.4 is 10.5 Å². The van der Waals surface area contributed by atoms with Gasteiger partial charge in [-0.2, -0.15) is 0 Å². The Hall–Kier alpha value is -1.07. The molecule has 17 heavy (non-hydrogen) atoms. The number of nitrogens with two attached hydrogens (primary N) is 1. The molecule has 0 fully saturated rings. The van der Waals surface area contributed by atoms with Crippen molar-refractivity contribution in [1.29, 1.82) is 0 Å². The van der Waals surface area contributed by atoms with Gasteiger partial charge >= 0.3 is 0 Å². The van der Waals surface area contributed by atoms with Crippen LogP contribution in [-0.2, 0) is 9.84 Å². The third kappa shape index (κ3) is 5.70. The summed E-state index contributed by atoms with van der Waals surface area (Å²) in [6.45, 7) is 2.58. The van der Waals surface area contributed by atoms with E-state index in [4.69, 9.17) is 10.5 Å². The zero-order chi connectivity index (χ0) is 12.7. The number of ether oxygens (including phenoxy) is 1. The van der Waals surface area contributed by atoms with Crippen molar-refractivity contribution in [2.45, 2.75) is 13.3 Å². The standard InChI is InChI=1S/C12H19NO3S/c1-11-3-5-12(6-4-11)16-8-10-17(14,15)9-2-7-13/h3-6H,2,7-10,13H2,1H3. The SMILES string of the molecule is Cc1ccc(OCCS(=O)(=O)CCCN)cc1. The lowest BCUT2D eigenvalue weighted by molar-refractivity contribution is 0.341. The van der Waals surface area contributed by atoms with Crippen LogP contribution in [0.1, 0.15) is 12.0 Å². The highest BCUT2D eigenvalue weighted by atomic mass is 32.2. The molecule has 2 N–H and O–H groups in total. The maximum atomic E-state index is 11.5. The smallest absolute Gasteiger partial charge is 0.153 e. The normalized spacial score (nSPS) is 11.4. The van der Waals surface area contributed by atoms with Gasteiger partial charge in [-0.15, -0.1) is 0 Å².